The molecule has 0 spiro atoms. The normalized spacial score (nSPS) is 15.3. The second-order valence-electron chi connectivity index (χ2n) is 6.97. The number of nitro benzene ring substituents is 1. The quantitative estimate of drug-likeness (QED) is 0.588. The summed E-state index contributed by atoms with van der Waals surface area (Å²) in [5.41, 5.74) is 2.48. The van der Waals surface area contributed by atoms with Crippen LogP contribution in [0.5, 0.6) is 0 Å². The maximum Gasteiger partial charge on any atom is 0.270 e. The summed E-state index contributed by atoms with van der Waals surface area (Å²) in [6.45, 7) is 8.80. The fraction of sp³-hybridized carbons (Fsp3) is 0.381. The van der Waals surface area contributed by atoms with Crippen molar-refractivity contribution in [3.63, 3.8) is 0 Å². The fourth-order valence-electron chi connectivity index (χ4n) is 3.43. The molecule has 0 radical (unpaired) electrons. The van der Waals surface area contributed by atoms with Crippen LogP contribution in [-0.4, -0.2) is 53.4 Å². The molecule has 28 heavy (non-hydrogen) atoms. The Hall–Kier alpha value is -2.77. The summed E-state index contributed by atoms with van der Waals surface area (Å²) < 4.78 is 0. The minimum Gasteiger partial charge on any atom is -0.348 e. The van der Waals surface area contributed by atoms with Gasteiger partial charge in [0, 0.05) is 57.0 Å². The van der Waals surface area contributed by atoms with Gasteiger partial charge >= 0.3 is 0 Å². The summed E-state index contributed by atoms with van der Waals surface area (Å²) in [5, 5.41) is 13.8. The van der Waals surface area contributed by atoms with Crippen LogP contribution in [0.2, 0.25) is 0 Å². The molecule has 0 atom stereocenters. The van der Waals surface area contributed by atoms with E-state index < -0.39 is 4.92 Å². The average molecular weight is 382 g/mol. The molecule has 1 fully saturated rings. The predicted molar refractivity (Wildman–Crippen MR) is 108 cm³/mol. The highest BCUT2D eigenvalue weighted by atomic mass is 16.6. The number of nitro groups is 1. The Balaban J connectivity index is 1.61. The Kier molecular flexibility index (Phi) is 6.73. The molecular formula is C21H26N4O3. The fourth-order valence-corrected chi connectivity index (χ4v) is 3.43. The van der Waals surface area contributed by atoms with Gasteiger partial charge in [-0.05, 0) is 23.7 Å². The van der Waals surface area contributed by atoms with Gasteiger partial charge in [0.25, 0.3) is 11.6 Å². The van der Waals surface area contributed by atoms with Crippen molar-refractivity contribution in [3.05, 3.63) is 75.3 Å². The summed E-state index contributed by atoms with van der Waals surface area (Å²) in [6.07, 6.45) is 0. The van der Waals surface area contributed by atoms with Gasteiger partial charge in [0.15, 0.2) is 0 Å². The molecule has 0 bridgehead atoms. The molecule has 0 aliphatic carbocycles. The third-order valence-electron chi connectivity index (χ3n) is 5.18. The first-order chi connectivity index (χ1) is 13.6. The lowest BCUT2D eigenvalue weighted by atomic mass is 10.1. The van der Waals surface area contributed by atoms with E-state index >= 15 is 0 Å². The lowest BCUT2D eigenvalue weighted by Gasteiger charge is -2.34. The molecule has 1 aliphatic rings. The highest BCUT2D eigenvalue weighted by molar-refractivity contribution is 5.94. The maximum atomic E-state index is 12.4. The molecule has 1 aliphatic heterocycles. The topological polar surface area (TPSA) is 78.7 Å². The van der Waals surface area contributed by atoms with Gasteiger partial charge in [0.1, 0.15) is 0 Å². The van der Waals surface area contributed by atoms with Crippen LogP contribution >= 0.6 is 0 Å². The lowest BCUT2D eigenvalue weighted by Crippen LogP contribution is -2.45. The van der Waals surface area contributed by atoms with Crippen LogP contribution in [0.4, 0.5) is 5.69 Å². The Morgan fingerprint density at radius 3 is 2.39 bits per heavy atom. The molecule has 148 valence electrons. The molecule has 0 unspecified atom stereocenters. The highest BCUT2D eigenvalue weighted by Gasteiger charge is 2.17. The zero-order valence-electron chi connectivity index (χ0n) is 16.1. The largest absolute Gasteiger partial charge is 0.348 e. The second-order valence-corrected chi connectivity index (χ2v) is 6.97. The van der Waals surface area contributed by atoms with Gasteiger partial charge in [-0.2, -0.15) is 0 Å². The molecule has 1 N–H and O–H groups in total. The van der Waals surface area contributed by atoms with E-state index in [2.05, 4.69) is 28.1 Å². The highest BCUT2D eigenvalue weighted by Crippen LogP contribution is 2.15. The number of nitrogens with zero attached hydrogens (tertiary/aromatic N) is 3. The van der Waals surface area contributed by atoms with Crippen LogP contribution in [-0.2, 0) is 13.1 Å². The van der Waals surface area contributed by atoms with E-state index in [1.807, 2.05) is 18.2 Å². The van der Waals surface area contributed by atoms with Gasteiger partial charge in [0.2, 0.25) is 0 Å². The number of benzene rings is 2. The number of likely N-dealkylation sites (N-methyl/N-ethyl adjacent to an activating group) is 1. The van der Waals surface area contributed by atoms with Crippen LogP contribution in [0.3, 0.4) is 0 Å². The van der Waals surface area contributed by atoms with E-state index in [9.17, 15) is 14.9 Å². The van der Waals surface area contributed by atoms with Crippen LogP contribution in [0.25, 0.3) is 0 Å². The molecule has 1 amide bonds. The van der Waals surface area contributed by atoms with Crippen LogP contribution in [0, 0.1) is 10.1 Å². The maximum absolute atomic E-state index is 12.4. The van der Waals surface area contributed by atoms with Crippen molar-refractivity contribution in [2.45, 2.75) is 20.0 Å². The number of piperazine rings is 1. The molecule has 1 saturated heterocycles. The minimum absolute atomic E-state index is 0.0840. The Morgan fingerprint density at radius 2 is 1.71 bits per heavy atom. The van der Waals surface area contributed by atoms with E-state index in [-0.39, 0.29) is 11.6 Å². The summed E-state index contributed by atoms with van der Waals surface area (Å²) in [6, 6.07) is 13.9. The number of amides is 1. The van der Waals surface area contributed by atoms with Gasteiger partial charge in [-0.3, -0.25) is 19.8 Å². The van der Waals surface area contributed by atoms with Crippen molar-refractivity contribution in [1.82, 2.24) is 15.1 Å². The molecule has 0 aromatic heterocycles. The van der Waals surface area contributed by atoms with E-state index in [4.69, 9.17) is 0 Å². The molecule has 1 heterocycles. The summed E-state index contributed by atoms with van der Waals surface area (Å²) in [7, 11) is 0. The van der Waals surface area contributed by atoms with Crippen LogP contribution in [0.1, 0.15) is 28.4 Å². The average Bonchev–Trinajstić information content (AvgIpc) is 2.73. The summed E-state index contributed by atoms with van der Waals surface area (Å²) in [4.78, 5) is 27.7. The molecule has 0 saturated carbocycles. The van der Waals surface area contributed by atoms with Gasteiger partial charge in [-0.15, -0.1) is 0 Å². The number of hydrogen-bond acceptors (Lipinski definition) is 5. The molecule has 2 aromatic rings. The third kappa shape index (κ3) is 5.15. The van der Waals surface area contributed by atoms with Gasteiger partial charge in [0.05, 0.1) is 4.92 Å². The van der Waals surface area contributed by atoms with Crippen LogP contribution < -0.4 is 5.32 Å². The van der Waals surface area contributed by atoms with E-state index in [0.717, 1.165) is 44.8 Å². The molecular weight excluding hydrogens is 356 g/mol. The summed E-state index contributed by atoms with van der Waals surface area (Å²) in [5.74, 6) is -0.310. The van der Waals surface area contributed by atoms with Crippen molar-refractivity contribution in [2.75, 3.05) is 32.7 Å². The third-order valence-corrected chi connectivity index (χ3v) is 5.18. The number of carbonyl (C=O) groups excluding carboxylic acids is 1. The van der Waals surface area contributed by atoms with Crippen molar-refractivity contribution >= 4 is 11.6 Å². The first-order valence-corrected chi connectivity index (χ1v) is 9.61. The first kappa shape index (κ1) is 20.0. The van der Waals surface area contributed by atoms with Gasteiger partial charge in [-0.25, -0.2) is 0 Å². The second kappa shape index (κ2) is 9.43. The Labute approximate surface area is 165 Å². The molecule has 7 nitrogen and oxygen atoms in total. The van der Waals surface area contributed by atoms with E-state index in [1.54, 1.807) is 6.07 Å². The number of non-ortho nitro benzene ring substituents is 1. The SMILES string of the molecule is CCN1CCN(Cc2ccccc2CNC(=O)c2cccc([N+](=O)[O-])c2)CC1. The monoisotopic (exact) mass is 382 g/mol. The molecule has 2 aromatic carbocycles. The lowest BCUT2D eigenvalue weighted by molar-refractivity contribution is -0.384. The van der Waals surface area contributed by atoms with E-state index in [1.165, 1.54) is 23.8 Å². The number of rotatable bonds is 7. The van der Waals surface area contributed by atoms with Crippen LogP contribution in [0.15, 0.2) is 48.5 Å². The van der Waals surface area contributed by atoms with Crippen molar-refractivity contribution in [1.29, 1.82) is 0 Å². The Bertz CT molecular complexity index is 832. The number of hydrogen-bond donors (Lipinski definition) is 1. The van der Waals surface area contributed by atoms with Gasteiger partial charge < -0.3 is 10.2 Å². The van der Waals surface area contributed by atoms with Crippen molar-refractivity contribution < 1.29 is 9.72 Å². The number of carbonyl (C=O) groups is 1. The zero-order chi connectivity index (χ0) is 19.9. The first-order valence-electron chi connectivity index (χ1n) is 9.61. The minimum atomic E-state index is -0.496. The zero-order valence-corrected chi connectivity index (χ0v) is 16.1. The molecule has 7 heteroatoms. The predicted octanol–water partition coefficient (Wildman–Crippen LogP) is 2.66. The number of nitrogens with one attached hydrogen (secondary N) is 1. The standard InChI is InChI=1S/C21H26N4O3/c1-2-23-10-12-24(13-11-23)16-19-7-4-3-6-18(19)15-22-21(26)17-8-5-9-20(14-17)25(27)28/h3-9,14H,2,10-13,15-16H2,1H3,(H,22,26). The van der Waals surface area contributed by atoms with E-state index in [0.29, 0.717) is 12.1 Å². The van der Waals surface area contributed by atoms with Crippen molar-refractivity contribution in [2.24, 2.45) is 0 Å². The van der Waals surface area contributed by atoms with Crippen molar-refractivity contribution in [3.8, 4) is 0 Å². The summed E-state index contributed by atoms with van der Waals surface area (Å²) >= 11 is 0. The smallest absolute Gasteiger partial charge is 0.270 e. The molecule has 3 rings (SSSR count). The van der Waals surface area contributed by atoms with Gasteiger partial charge in [-0.1, -0.05) is 37.3 Å². The Morgan fingerprint density at radius 1 is 1.04 bits per heavy atom.